The van der Waals surface area contributed by atoms with Gasteiger partial charge >= 0.3 is 6.18 Å². The Kier molecular flexibility index (Phi) is 4.78. The van der Waals surface area contributed by atoms with Crippen LogP contribution in [0.4, 0.5) is 13.2 Å². The van der Waals surface area contributed by atoms with E-state index in [1.54, 1.807) is 4.57 Å². The monoisotopic (exact) mass is 392 g/mol. The topological polar surface area (TPSA) is 88.5 Å². The Morgan fingerprint density at radius 2 is 2.11 bits per heavy atom. The number of aromatic amines is 1. The number of hydrogen-bond donors (Lipinski definition) is 2. The first-order valence-electron chi connectivity index (χ1n) is 9.08. The second-order valence-electron chi connectivity index (χ2n) is 6.89. The molecule has 1 atom stereocenters. The van der Waals surface area contributed by atoms with E-state index in [0.29, 0.717) is 18.1 Å². The lowest BCUT2D eigenvalue weighted by molar-refractivity contribution is -0.179. The van der Waals surface area contributed by atoms with Crippen molar-refractivity contribution in [3.8, 4) is 0 Å². The molecular formula is C18H19F3N6O. The van der Waals surface area contributed by atoms with Crippen LogP contribution in [0.3, 0.4) is 0 Å². The van der Waals surface area contributed by atoms with Gasteiger partial charge in [-0.05, 0) is 18.6 Å². The number of aromatic nitrogens is 5. The van der Waals surface area contributed by atoms with E-state index in [0.717, 1.165) is 16.9 Å². The summed E-state index contributed by atoms with van der Waals surface area (Å²) in [5.74, 6) is -0.0283. The lowest BCUT2D eigenvalue weighted by Gasteiger charge is -2.25. The molecular weight excluding hydrogens is 373 g/mol. The number of aryl methyl sites for hydroxylation is 1. The summed E-state index contributed by atoms with van der Waals surface area (Å²) in [6.07, 6.45) is -3.68. The smallest absolute Gasteiger partial charge is 0.349 e. The lowest BCUT2D eigenvalue weighted by atomic mass is 9.97. The van der Waals surface area contributed by atoms with E-state index in [1.807, 2.05) is 24.3 Å². The fourth-order valence-electron chi connectivity index (χ4n) is 3.42. The van der Waals surface area contributed by atoms with Crippen LogP contribution in [0.5, 0.6) is 0 Å². The maximum atomic E-state index is 12.9. The molecule has 3 aromatic rings. The zero-order chi connectivity index (χ0) is 19.7. The molecule has 1 aliphatic heterocycles. The summed E-state index contributed by atoms with van der Waals surface area (Å²) in [6.45, 7) is 0.347. The highest BCUT2D eigenvalue weighted by Crippen LogP contribution is 2.34. The molecule has 7 nitrogen and oxygen atoms in total. The number of hydrogen-bond acceptors (Lipinski definition) is 4. The van der Waals surface area contributed by atoms with Crippen molar-refractivity contribution < 1.29 is 18.0 Å². The first-order valence-corrected chi connectivity index (χ1v) is 9.08. The standard InChI is InChI=1S/C18H19F3N6O/c19-18(20,21)11-7-8-27-15(9-11)25-26-16(27)10-22-17(28)6-5-14-23-12-3-1-2-4-13(12)24-14/h1-4,11H,5-10H2,(H,22,28)(H,23,24)/t11-/m0/s1. The van der Waals surface area contributed by atoms with Crippen molar-refractivity contribution in [3.05, 3.63) is 41.7 Å². The number of alkyl halides is 3. The van der Waals surface area contributed by atoms with Crippen LogP contribution < -0.4 is 5.32 Å². The van der Waals surface area contributed by atoms with Crippen molar-refractivity contribution >= 4 is 16.9 Å². The zero-order valence-electron chi connectivity index (χ0n) is 15.0. The van der Waals surface area contributed by atoms with Crippen molar-refractivity contribution in [2.75, 3.05) is 0 Å². The maximum Gasteiger partial charge on any atom is 0.392 e. The molecule has 1 amide bonds. The largest absolute Gasteiger partial charge is 0.392 e. The molecule has 148 valence electrons. The Morgan fingerprint density at radius 3 is 2.89 bits per heavy atom. The van der Waals surface area contributed by atoms with Crippen molar-refractivity contribution in [2.45, 2.75) is 44.9 Å². The predicted octanol–water partition coefficient (Wildman–Crippen LogP) is 2.53. The quantitative estimate of drug-likeness (QED) is 0.698. The molecule has 4 rings (SSSR count). The molecule has 0 aliphatic carbocycles. The fourth-order valence-corrected chi connectivity index (χ4v) is 3.42. The van der Waals surface area contributed by atoms with E-state index in [2.05, 4.69) is 25.5 Å². The van der Waals surface area contributed by atoms with Gasteiger partial charge in [0.2, 0.25) is 5.91 Å². The Morgan fingerprint density at radius 1 is 1.29 bits per heavy atom. The van der Waals surface area contributed by atoms with Crippen LogP contribution in [0.1, 0.15) is 30.3 Å². The van der Waals surface area contributed by atoms with Crippen LogP contribution in [-0.4, -0.2) is 36.8 Å². The number of fused-ring (bicyclic) bond motifs is 2. The van der Waals surface area contributed by atoms with Crippen LogP contribution >= 0.6 is 0 Å². The summed E-state index contributed by atoms with van der Waals surface area (Å²) in [4.78, 5) is 19.7. The Hall–Kier alpha value is -2.91. The van der Waals surface area contributed by atoms with Crippen molar-refractivity contribution in [3.63, 3.8) is 0 Å². The van der Waals surface area contributed by atoms with E-state index in [9.17, 15) is 18.0 Å². The highest BCUT2D eigenvalue weighted by molar-refractivity contribution is 5.77. The lowest BCUT2D eigenvalue weighted by Crippen LogP contribution is -2.32. The number of halogens is 3. The summed E-state index contributed by atoms with van der Waals surface area (Å²) in [6, 6.07) is 7.62. The summed E-state index contributed by atoms with van der Waals surface area (Å²) in [5.41, 5.74) is 1.77. The highest BCUT2D eigenvalue weighted by Gasteiger charge is 2.42. The van der Waals surface area contributed by atoms with Gasteiger partial charge < -0.3 is 14.9 Å². The van der Waals surface area contributed by atoms with E-state index in [1.165, 1.54) is 0 Å². The minimum absolute atomic E-state index is 0.00153. The molecule has 0 saturated heterocycles. The van der Waals surface area contributed by atoms with Crippen molar-refractivity contribution in [1.82, 2.24) is 30.0 Å². The average molecular weight is 392 g/mol. The molecule has 3 heterocycles. The Labute approximate surface area is 158 Å². The molecule has 0 radical (unpaired) electrons. The van der Waals surface area contributed by atoms with Crippen LogP contribution in [0, 0.1) is 5.92 Å². The van der Waals surface area contributed by atoms with Crippen molar-refractivity contribution in [2.24, 2.45) is 5.92 Å². The van der Waals surface area contributed by atoms with Crippen molar-refractivity contribution in [1.29, 1.82) is 0 Å². The van der Waals surface area contributed by atoms with Gasteiger partial charge in [-0.2, -0.15) is 13.2 Å². The molecule has 2 N–H and O–H groups in total. The number of imidazole rings is 1. The number of carbonyl (C=O) groups excluding carboxylic acids is 1. The number of para-hydroxylation sites is 2. The van der Waals surface area contributed by atoms with Crippen LogP contribution in [-0.2, 0) is 30.7 Å². The molecule has 2 aromatic heterocycles. The number of nitrogens with one attached hydrogen (secondary N) is 2. The molecule has 1 aromatic carbocycles. The van der Waals surface area contributed by atoms with Gasteiger partial charge in [-0.15, -0.1) is 10.2 Å². The predicted molar refractivity (Wildman–Crippen MR) is 94.1 cm³/mol. The molecule has 0 bridgehead atoms. The third-order valence-corrected chi connectivity index (χ3v) is 4.97. The number of H-pyrrole nitrogens is 1. The molecule has 0 spiro atoms. The number of nitrogens with zero attached hydrogens (tertiary/aromatic N) is 4. The van der Waals surface area contributed by atoms with E-state index >= 15 is 0 Å². The average Bonchev–Trinajstić information content (AvgIpc) is 3.27. The van der Waals surface area contributed by atoms with Gasteiger partial charge in [0.15, 0.2) is 5.82 Å². The Bertz CT molecular complexity index is 960. The second-order valence-corrected chi connectivity index (χ2v) is 6.89. The van der Waals surface area contributed by atoms with Gasteiger partial charge in [0, 0.05) is 25.8 Å². The van der Waals surface area contributed by atoms with Gasteiger partial charge in [-0.25, -0.2) is 4.98 Å². The normalized spacial score (nSPS) is 16.9. The van der Waals surface area contributed by atoms with Gasteiger partial charge in [0.1, 0.15) is 11.6 Å². The van der Waals surface area contributed by atoms with Gasteiger partial charge in [0.25, 0.3) is 0 Å². The molecule has 0 unspecified atom stereocenters. The first kappa shape index (κ1) is 18.5. The summed E-state index contributed by atoms with van der Waals surface area (Å²) < 4.78 is 40.3. The maximum absolute atomic E-state index is 12.9. The van der Waals surface area contributed by atoms with Gasteiger partial charge in [-0.3, -0.25) is 4.79 Å². The third-order valence-electron chi connectivity index (χ3n) is 4.97. The number of carbonyl (C=O) groups is 1. The third kappa shape index (κ3) is 3.85. The molecule has 28 heavy (non-hydrogen) atoms. The van der Waals surface area contributed by atoms with Crippen LogP contribution in [0.2, 0.25) is 0 Å². The number of rotatable bonds is 5. The highest BCUT2D eigenvalue weighted by atomic mass is 19.4. The number of amides is 1. The SMILES string of the molecule is O=C(CCc1nc2ccccc2[nH]1)NCc1nnc2n1CC[C@H](C(F)(F)F)C2. The molecule has 10 heteroatoms. The van der Waals surface area contributed by atoms with E-state index in [4.69, 9.17) is 0 Å². The molecule has 0 fully saturated rings. The summed E-state index contributed by atoms with van der Waals surface area (Å²) >= 11 is 0. The van der Waals surface area contributed by atoms with Gasteiger partial charge in [-0.1, -0.05) is 12.1 Å². The summed E-state index contributed by atoms with van der Waals surface area (Å²) in [5, 5.41) is 10.6. The summed E-state index contributed by atoms with van der Waals surface area (Å²) in [7, 11) is 0. The first-order chi connectivity index (χ1) is 13.4. The minimum Gasteiger partial charge on any atom is -0.349 e. The molecule has 1 aliphatic rings. The van der Waals surface area contributed by atoms with E-state index < -0.39 is 12.1 Å². The van der Waals surface area contributed by atoms with E-state index in [-0.39, 0.29) is 38.3 Å². The molecule has 0 saturated carbocycles. The van der Waals surface area contributed by atoms with Gasteiger partial charge in [0.05, 0.1) is 23.5 Å². The Balaban J connectivity index is 1.30. The fraction of sp³-hybridized carbons (Fsp3) is 0.444. The number of benzene rings is 1. The minimum atomic E-state index is -4.22. The van der Waals surface area contributed by atoms with Crippen LogP contribution in [0.25, 0.3) is 11.0 Å². The second kappa shape index (κ2) is 7.25. The van der Waals surface area contributed by atoms with Crippen LogP contribution in [0.15, 0.2) is 24.3 Å². The zero-order valence-corrected chi connectivity index (χ0v) is 15.0.